The Morgan fingerprint density at radius 2 is 2.05 bits per heavy atom. The maximum absolute atomic E-state index is 12.2. The fourth-order valence-electron chi connectivity index (χ4n) is 1.75. The van der Waals surface area contributed by atoms with Crippen LogP contribution in [0.15, 0.2) is 24.3 Å². The lowest BCUT2D eigenvalue weighted by Gasteiger charge is -2.15. The van der Waals surface area contributed by atoms with Crippen LogP contribution < -0.4 is 4.18 Å². The molecular formula is C12H8F3NO3S. The van der Waals surface area contributed by atoms with Gasteiger partial charge in [-0.1, -0.05) is 18.2 Å². The summed E-state index contributed by atoms with van der Waals surface area (Å²) in [6.07, 6.45) is 3.58. The third kappa shape index (κ3) is 2.77. The van der Waals surface area contributed by atoms with Crippen molar-refractivity contribution in [3.8, 4) is 11.8 Å². The van der Waals surface area contributed by atoms with E-state index in [9.17, 15) is 21.6 Å². The molecule has 1 unspecified atom stereocenters. The minimum Gasteiger partial charge on any atom is -0.376 e. The molecule has 0 saturated heterocycles. The van der Waals surface area contributed by atoms with E-state index >= 15 is 0 Å². The van der Waals surface area contributed by atoms with E-state index in [0.29, 0.717) is 12.0 Å². The molecular weight excluding hydrogens is 295 g/mol. The van der Waals surface area contributed by atoms with Crippen molar-refractivity contribution in [1.82, 2.24) is 0 Å². The molecule has 2 rings (SSSR count). The Hall–Kier alpha value is -2.01. The van der Waals surface area contributed by atoms with Crippen molar-refractivity contribution in [1.29, 1.82) is 5.26 Å². The van der Waals surface area contributed by atoms with Gasteiger partial charge in [-0.25, -0.2) is 0 Å². The lowest BCUT2D eigenvalue weighted by molar-refractivity contribution is -0.0500. The molecule has 0 aromatic heterocycles. The molecule has 20 heavy (non-hydrogen) atoms. The third-order valence-corrected chi connectivity index (χ3v) is 3.70. The molecule has 1 aliphatic rings. The number of nitrogens with zero attached hydrogens (tertiary/aromatic N) is 1. The first-order valence-corrected chi connectivity index (χ1v) is 6.85. The van der Waals surface area contributed by atoms with E-state index < -0.39 is 21.4 Å². The van der Waals surface area contributed by atoms with Gasteiger partial charge in [0.2, 0.25) is 0 Å². The quantitative estimate of drug-likeness (QED) is 0.622. The van der Waals surface area contributed by atoms with Crippen molar-refractivity contribution in [2.75, 3.05) is 0 Å². The number of rotatable bonds is 2. The predicted molar refractivity (Wildman–Crippen MR) is 63.9 cm³/mol. The fraction of sp³-hybridized carbons (Fsp3) is 0.250. The van der Waals surface area contributed by atoms with Crippen molar-refractivity contribution in [3.63, 3.8) is 0 Å². The summed E-state index contributed by atoms with van der Waals surface area (Å²) in [6, 6.07) is 5.84. The second-order valence-electron chi connectivity index (χ2n) is 4.14. The van der Waals surface area contributed by atoms with Crippen LogP contribution in [0.4, 0.5) is 13.2 Å². The third-order valence-electron chi connectivity index (χ3n) is 2.72. The van der Waals surface area contributed by atoms with Gasteiger partial charge in [0, 0.05) is 0 Å². The normalized spacial score (nSPS) is 18.2. The molecule has 0 radical (unpaired) electrons. The maximum Gasteiger partial charge on any atom is 0.534 e. The minimum absolute atomic E-state index is 0.298. The Kier molecular flexibility index (Phi) is 3.48. The van der Waals surface area contributed by atoms with Gasteiger partial charge in [0.25, 0.3) is 0 Å². The summed E-state index contributed by atoms with van der Waals surface area (Å²) < 4.78 is 62.4. The molecule has 1 aromatic rings. The van der Waals surface area contributed by atoms with E-state index in [-0.39, 0.29) is 5.92 Å². The van der Waals surface area contributed by atoms with Gasteiger partial charge in [-0.15, -0.1) is 0 Å². The minimum atomic E-state index is -5.67. The highest BCUT2D eigenvalue weighted by molar-refractivity contribution is 7.88. The van der Waals surface area contributed by atoms with Crippen molar-refractivity contribution in [2.24, 2.45) is 5.92 Å². The van der Waals surface area contributed by atoms with Crippen molar-refractivity contribution < 1.29 is 25.8 Å². The Morgan fingerprint density at radius 1 is 1.35 bits per heavy atom. The first-order valence-electron chi connectivity index (χ1n) is 5.44. The molecule has 0 saturated carbocycles. The zero-order chi connectivity index (χ0) is 15.0. The van der Waals surface area contributed by atoms with Gasteiger partial charge in [0.1, 0.15) is 5.75 Å². The van der Waals surface area contributed by atoms with Gasteiger partial charge in [-0.2, -0.15) is 26.9 Å². The lowest BCUT2D eigenvalue weighted by Crippen LogP contribution is -2.28. The zero-order valence-corrected chi connectivity index (χ0v) is 10.7. The molecule has 0 spiro atoms. The Bertz CT molecular complexity index is 702. The highest BCUT2D eigenvalue weighted by Crippen LogP contribution is 2.30. The molecule has 0 heterocycles. The van der Waals surface area contributed by atoms with Crippen molar-refractivity contribution >= 4 is 16.2 Å². The second kappa shape index (κ2) is 4.83. The standard InChI is InChI=1S/C12H8F3NO3S/c13-12(14,15)20(17,18)19-11-4-3-9-5-8(7-16)1-2-10(9)6-11/h1-4,6,8H,5H2. The largest absolute Gasteiger partial charge is 0.534 e. The SMILES string of the molecule is N#CC1C=Cc2cc(OS(=O)(=O)C(F)(F)F)ccc2C1. The number of fused-ring (bicyclic) bond motifs is 1. The summed E-state index contributed by atoms with van der Waals surface area (Å²) in [5.41, 5.74) is -4.19. The number of benzene rings is 1. The average molecular weight is 303 g/mol. The molecule has 0 bridgehead atoms. The van der Waals surface area contributed by atoms with Gasteiger partial charge in [-0.3, -0.25) is 0 Å². The van der Waals surface area contributed by atoms with Crippen LogP contribution in [0.25, 0.3) is 6.08 Å². The van der Waals surface area contributed by atoms with Crippen molar-refractivity contribution in [3.05, 3.63) is 35.4 Å². The summed E-state index contributed by atoms with van der Waals surface area (Å²) in [5, 5.41) is 8.78. The number of allylic oxidation sites excluding steroid dienone is 1. The first-order chi connectivity index (χ1) is 9.23. The van der Waals surface area contributed by atoms with Gasteiger partial charge in [0.05, 0.1) is 12.0 Å². The molecule has 106 valence electrons. The summed E-state index contributed by atoms with van der Waals surface area (Å²) >= 11 is 0. The van der Waals surface area contributed by atoms with E-state index in [1.54, 1.807) is 12.2 Å². The molecule has 0 fully saturated rings. The second-order valence-corrected chi connectivity index (χ2v) is 5.68. The molecule has 4 nitrogen and oxygen atoms in total. The van der Waals surface area contributed by atoms with Crippen molar-refractivity contribution in [2.45, 2.75) is 11.9 Å². The summed E-state index contributed by atoms with van der Waals surface area (Å²) in [7, 11) is -5.67. The molecule has 0 N–H and O–H groups in total. The van der Waals surface area contributed by atoms with E-state index in [1.165, 1.54) is 12.1 Å². The Morgan fingerprint density at radius 3 is 2.65 bits per heavy atom. The van der Waals surface area contributed by atoms with E-state index in [0.717, 1.165) is 11.6 Å². The lowest BCUT2D eigenvalue weighted by atomic mass is 9.90. The highest BCUT2D eigenvalue weighted by Gasteiger charge is 2.48. The Labute approximate surface area is 113 Å². The summed E-state index contributed by atoms with van der Waals surface area (Å²) in [6.45, 7) is 0. The van der Waals surface area contributed by atoms with Crippen LogP contribution in [-0.4, -0.2) is 13.9 Å². The van der Waals surface area contributed by atoms with Gasteiger partial charge < -0.3 is 4.18 Å². The molecule has 1 aliphatic carbocycles. The number of alkyl halides is 3. The van der Waals surface area contributed by atoms with Crippen LogP contribution in [-0.2, 0) is 16.5 Å². The monoisotopic (exact) mass is 303 g/mol. The fourth-order valence-corrected chi connectivity index (χ4v) is 2.20. The predicted octanol–water partition coefficient (Wildman–Crippen LogP) is 2.62. The number of hydrogen-bond acceptors (Lipinski definition) is 4. The zero-order valence-electron chi connectivity index (χ0n) is 9.89. The van der Waals surface area contributed by atoms with Crippen LogP contribution in [0.1, 0.15) is 11.1 Å². The molecule has 1 atom stereocenters. The van der Waals surface area contributed by atoms with Crippen LogP contribution in [0.2, 0.25) is 0 Å². The number of halogens is 3. The van der Waals surface area contributed by atoms with E-state index in [4.69, 9.17) is 5.26 Å². The van der Waals surface area contributed by atoms with Crippen LogP contribution in [0.5, 0.6) is 5.75 Å². The Balaban J connectivity index is 2.29. The number of nitriles is 1. The smallest absolute Gasteiger partial charge is 0.376 e. The highest BCUT2D eigenvalue weighted by atomic mass is 32.2. The average Bonchev–Trinajstić information content (AvgIpc) is 2.36. The van der Waals surface area contributed by atoms with E-state index in [1.807, 2.05) is 0 Å². The van der Waals surface area contributed by atoms with Gasteiger partial charge >= 0.3 is 15.6 Å². The summed E-state index contributed by atoms with van der Waals surface area (Å²) in [5.74, 6) is -0.714. The summed E-state index contributed by atoms with van der Waals surface area (Å²) in [4.78, 5) is 0. The van der Waals surface area contributed by atoms with Crippen LogP contribution in [0.3, 0.4) is 0 Å². The molecule has 8 heteroatoms. The van der Waals surface area contributed by atoms with Gasteiger partial charge in [-0.05, 0) is 29.7 Å². The number of hydrogen-bond donors (Lipinski definition) is 0. The van der Waals surface area contributed by atoms with E-state index in [2.05, 4.69) is 10.3 Å². The first kappa shape index (κ1) is 14.4. The van der Waals surface area contributed by atoms with Crippen LogP contribution in [0, 0.1) is 17.2 Å². The van der Waals surface area contributed by atoms with Crippen LogP contribution >= 0.6 is 0 Å². The topological polar surface area (TPSA) is 67.2 Å². The van der Waals surface area contributed by atoms with Gasteiger partial charge in [0.15, 0.2) is 0 Å². The molecule has 0 aliphatic heterocycles. The maximum atomic E-state index is 12.2. The molecule has 1 aromatic carbocycles. The molecule has 0 amide bonds.